The molecule has 2 rings (SSSR count). The summed E-state index contributed by atoms with van der Waals surface area (Å²) in [4.78, 5) is 38.4. The van der Waals surface area contributed by atoms with Gasteiger partial charge < -0.3 is 10.1 Å². The van der Waals surface area contributed by atoms with Crippen molar-refractivity contribution in [3.8, 4) is 0 Å². The average molecular weight is 332 g/mol. The molecule has 1 fully saturated rings. The van der Waals surface area contributed by atoms with Gasteiger partial charge in [0.2, 0.25) is 0 Å². The number of hydrogen-bond acceptors (Lipinski definition) is 4. The Hall–Kier alpha value is -2.37. The zero-order valence-corrected chi connectivity index (χ0v) is 14.4. The van der Waals surface area contributed by atoms with Crippen LogP contribution in [0.3, 0.4) is 0 Å². The number of rotatable bonds is 2. The molecular formula is C18H24N2O4. The van der Waals surface area contributed by atoms with Crippen molar-refractivity contribution in [3.05, 3.63) is 35.9 Å². The lowest BCUT2D eigenvalue weighted by Crippen LogP contribution is -2.50. The zero-order chi connectivity index (χ0) is 17.7. The number of amides is 3. The van der Waals surface area contributed by atoms with Gasteiger partial charge >= 0.3 is 6.09 Å². The molecule has 1 aliphatic heterocycles. The third-order valence-electron chi connectivity index (χ3n) is 3.65. The molecule has 0 bridgehead atoms. The minimum Gasteiger partial charge on any atom is -0.444 e. The van der Waals surface area contributed by atoms with E-state index in [0.717, 1.165) is 12.8 Å². The number of likely N-dealkylation sites (tertiary alicyclic amines) is 1. The molecule has 6 heteroatoms. The summed E-state index contributed by atoms with van der Waals surface area (Å²) in [5.74, 6) is -0.717. The Morgan fingerprint density at radius 3 is 2.46 bits per heavy atom. The summed E-state index contributed by atoms with van der Waals surface area (Å²) in [6.07, 6.45) is 1.33. The minimum atomic E-state index is -0.741. The lowest BCUT2D eigenvalue weighted by Gasteiger charge is -2.25. The number of ether oxygens (including phenoxy) is 1. The van der Waals surface area contributed by atoms with Crippen LogP contribution in [0.5, 0.6) is 0 Å². The first-order chi connectivity index (χ1) is 11.3. The Balaban J connectivity index is 2.10. The van der Waals surface area contributed by atoms with E-state index in [1.54, 1.807) is 45.0 Å². The van der Waals surface area contributed by atoms with Gasteiger partial charge in [-0.3, -0.25) is 14.5 Å². The fourth-order valence-electron chi connectivity index (χ4n) is 2.56. The second-order valence-corrected chi connectivity index (χ2v) is 6.86. The van der Waals surface area contributed by atoms with Gasteiger partial charge in [0.15, 0.2) is 0 Å². The summed E-state index contributed by atoms with van der Waals surface area (Å²) < 4.78 is 5.20. The third-order valence-corrected chi connectivity index (χ3v) is 3.65. The molecule has 1 aromatic rings. The van der Waals surface area contributed by atoms with Crippen LogP contribution >= 0.6 is 0 Å². The summed E-state index contributed by atoms with van der Waals surface area (Å²) in [7, 11) is 0. The number of benzene rings is 1. The van der Waals surface area contributed by atoms with E-state index in [1.807, 2.05) is 6.07 Å². The van der Waals surface area contributed by atoms with Gasteiger partial charge in [0.1, 0.15) is 11.6 Å². The van der Waals surface area contributed by atoms with Crippen molar-refractivity contribution in [2.45, 2.75) is 51.7 Å². The Labute approximate surface area is 142 Å². The van der Waals surface area contributed by atoms with E-state index in [-0.39, 0.29) is 11.8 Å². The highest BCUT2D eigenvalue weighted by Crippen LogP contribution is 2.16. The second kappa shape index (κ2) is 7.47. The number of hydrogen-bond donors (Lipinski definition) is 1. The van der Waals surface area contributed by atoms with Crippen molar-refractivity contribution < 1.29 is 19.1 Å². The van der Waals surface area contributed by atoms with Gasteiger partial charge in [0, 0.05) is 12.1 Å². The monoisotopic (exact) mass is 332 g/mol. The summed E-state index contributed by atoms with van der Waals surface area (Å²) in [5.41, 5.74) is -0.180. The number of imide groups is 1. The van der Waals surface area contributed by atoms with Crippen molar-refractivity contribution in [2.75, 3.05) is 6.54 Å². The van der Waals surface area contributed by atoms with Crippen LogP contribution in [0.25, 0.3) is 0 Å². The molecule has 1 aliphatic rings. The lowest BCUT2D eigenvalue weighted by molar-refractivity contribution is -0.130. The maximum absolute atomic E-state index is 12.7. The van der Waals surface area contributed by atoms with Crippen LogP contribution in [0, 0.1) is 0 Å². The van der Waals surface area contributed by atoms with Gasteiger partial charge in [0.25, 0.3) is 11.8 Å². The normalized spacial score (nSPS) is 18.7. The van der Waals surface area contributed by atoms with Crippen LogP contribution in [-0.2, 0) is 9.53 Å². The number of nitrogens with one attached hydrogen (secondary N) is 1. The van der Waals surface area contributed by atoms with Crippen LogP contribution in [0.1, 0.15) is 50.4 Å². The molecule has 130 valence electrons. The Morgan fingerprint density at radius 1 is 1.17 bits per heavy atom. The predicted molar refractivity (Wildman–Crippen MR) is 89.5 cm³/mol. The molecule has 1 heterocycles. The van der Waals surface area contributed by atoms with E-state index >= 15 is 0 Å². The van der Waals surface area contributed by atoms with E-state index in [4.69, 9.17) is 4.74 Å². The Kier molecular flexibility index (Phi) is 5.59. The molecule has 0 aliphatic carbocycles. The van der Waals surface area contributed by atoms with E-state index < -0.39 is 17.7 Å². The van der Waals surface area contributed by atoms with Crippen LogP contribution in [-0.4, -0.2) is 41.0 Å². The molecule has 0 radical (unpaired) electrons. The summed E-state index contributed by atoms with van der Waals surface area (Å²) in [6, 6.07) is 7.94. The molecule has 1 atom stereocenters. The maximum atomic E-state index is 12.7. The average Bonchev–Trinajstić information content (AvgIpc) is 2.68. The van der Waals surface area contributed by atoms with Crippen LogP contribution < -0.4 is 5.32 Å². The van der Waals surface area contributed by atoms with Crippen LogP contribution in [0.2, 0.25) is 0 Å². The topological polar surface area (TPSA) is 75.7 Å². The van der Waals surface area contributed by atoms with Gasteiger partial charge in [-0.1, -0.05) is 18.2 Å². The van der Waals surface area contributed by atoms with Gasteiger partial charge in [-0.2, -0.15) is 0 Å². The molecule has 1 aromatic carbocycles. The first-order valence-corrected chi connectivity index (χ1v) is 8.18. The lowest BCUT2D eigenvalue weighted by atomic mass is 10.1. The number of nitrogens with zero attached hydrogens (tertiary/aromatic N) is 1. The highest BCUT2D eigenvalue weighted by atomic mass is 16.6. The van der Waals surface area contributed by atoms with Crippen molar-refractivity contribution in [1.82, 2.24) is 10.2 Å². The number of carbonyl (C=O) groups is 3. The van der Waals surface area contributed by atoms with Crippen molar-refractivity contribution in [1.29, 1.82) is 0 Å². The first kappa shape index (κ1) is 18.0. The van der Waals surface area contributed by atoms with Gasteiger partial charge in [-0.05, 0) is 52.2 Å². The third kappa shape index (κ3) is 4.81. The fraction of sp³-hybridized carbons (Fsp3) is 0.500. The molecule has 1 saturated heterocycles. The standard InChI is InChI=1S/C18H24N2O4/c1-18(2,3)24-17(23)19-14-11-7-8-12-20(16(14)22)15(21)13-9-5-4-6-10-13/h4-6,9-10,14H,7-8,11-12H2,1-3H3,(H,19,23)/t14-/m0/s1. The molecule has 0 aromatic heterocycles. The smallest absolute Gasteiger partial charge is 0.408 e. The molecule has 0 spiro atoms. The van der Waals surface area contributed by atoms with Crippen molar-refractivity contribution in [3.63, 3.8) is 0 Å². The Morgan fingerprint density at radius 2 is 1.83 bits per heavy atom. The summed E-state index contributed by atoms with van der Waals surface area (Å²) in [6.45, 7) is 5.63. The van der Waals surface area contributed by atoms with E-state index in [9.17, 15) is 14.4 Å². The fourth-order valence-corrected chi connectivity index (χ4v) is 2.56. The van der Waals surface area contributed by atoms with Crippen LogP contribution in [0.15, 0.2) is 30.3 Å². The number of alkyl carbamates (subject to hydrolysis) is 1. The van der Waals surface area contributed by atoms with Crippen LogP contribution in [0.4, 0.5) is 4.79 Å². The highest BCUT2D eigenvalue weighted by Gasteiger charge is 2.33. The first-order valence-electron chi connectivity index (χ1n) is 8.18. The van der Waals surface area contributed by atoms with Gasteiger partial charge in [0.05, 0.1) is 0 Å². The molecule has 6 nitrogen and oxygen atoms in total. The van der Waals surface area contributed by atoms with Gasteiger partial charge in [-0.15, -0.1) is 0 Å². The molecular weight excluding hydrogens is 308 g/mol. The minimum absolute atomic E-state index is 0.335. The quantitative estimate of drug-likeness (QED) is 0.845. The number of carbonyl (C=O) groups excluding carboxylic acids is 3. The van der Waals surface area contributed by atoms with Crippen molar-refractivity contribution >= 4 is 17.9 Å². The molecule has 0 saturated carbocycles. The predicted octanol–water partition coefficient (Wildman–Crippen LogP) is 2.73. The molecule has 24 heavy (non-hydrogen) atoms. The van der Waals surface area contributed by atoms with Gasteiger partial charge in [-0.25, -0.2) is 4.79 Å². The highest BCUT2D eigenvalue weighted by molar-refractivity contribution is 6.06. The SMILES string of the molecule is CC(C)(C)OC(=O)N[C@H]1CCCCN(C(=O)c2ccccc2)C1=O. The molecule has 0 unspecified atom stereocenters. The zero-order valence-electron chi connectivity index (χ0n) is 14.4. The Bertz CT molecular complexity index is 607. The second-order valence-electron chi connectivity index (χ2n) is 6.86. The molecule has 1 N–H and O–H groups in total. The van der Waals surface area contributed by atoms with E-state index in [0.29, 0.717) is 18.5 Å². The van der Waals surface area contributed by atoms with E-state index in [1.165, 1.54) is 4.90 Å². The van der Waals surface area contributed by atoms with E-state index in [2.05, 4.69) is 5.32 Å². The van der Waals surface area contributed by atoms with Crippen molar-refractivity contribution in [2.24, 2.45) is 0 Å². The largest absolute Gasteiger partial charge is 0.444 e. The summed E-state index contributed by atoms with van der Waals surface area (Å²) >= 11 is 0. The summed E-state index contributed by atoms with van der Waals surface area (Å²) in [5, 5.41) is 2.60. The maximum Gasteiger partial charge on any atom is 0.408 e. The molecule has 3 amide bonds.